The summed E-state index contributed by atoms with van der Waals surface area (Å²) < 4.78 is 6.81. The number of carbonyl (C=O) groups excluding carboxylic acids is 1. The van der Waals surface area contributed by atoms with Crippen molar-refractivity contribution in [3.8, 4) is 11.4 Å². The molecule has 9 heteroatoms. The van der Waals surface area contributed by atoms with E-state index in [0.717, 1.165) is 73.4 Å². The number of nitrogens with zero attached hydrogens (tertiary/aromatic N) is 4. The van der Waals surface area contributed by atoms with Crippen LogP contribution in [0.3, 0.4) is 0 Å². The van der Waals surface area contributed by atoms with Crippen LogP contribution < -0.4 is 15.8 Å². The lowest BCUT2D eigenvalue weighted by Crippen LogP contribution is -2.34. The fourth-order valence-electron chi connectivity index (χ4n) is 5.30. The summed E-state index contributed by atoms with van der Waals surface area (Å²) >= 11 is 6.21. The summed E-state index contributed by atoms with van der Waals surface area (Å²) in [5.74, 6) is 2.11. The number of ether oxygens (including phenoxy) is 1. The normalized spacial score (nSPS) is 19.5. The van der Waals surface area contributed by atoms with Gasteiger partial charge in [-0.15, -0.1) is 0 Å². The van der Waals surface area contributed by atoms with Gasteiger partial charge in [0.1, 0.15) is 17.1 Å². The number of nitrogens with one attached hydrogen (secondary N) is 1. The summed E-state index contributed by atoms with van der Waals surface area (Å²) in [7, 11) is 1.62. The Morgan fingerprint density at radius 1 is 1.14 bits per heavy atom. The van der Waals surface area contributed by atoms with Gasteiger partial charge in [0.15, 0.2) is 0 Å². The van der Waals surface area contributed by atoms with Crippen LogP contribution in [0.4, 0.5) is 11.5 Å². The largest absolute Gasteiger partial charge is 0.497 e. The molecule has 2 aliphatic rings. The minimum atomic E-state index is -0.0332. The number of rotatable bonds is 8. The second-order valence-corrected chi connectivity index (χ2v) is 10.2. The maximum Gasteiger partial charge on any atom is 0.259 e. The molecule has 5 rings (SSSR count). The van der Waals surface area contributed by atoms with Crippen LogP contribution in [0.2, 0.25) is 5.02 Å². The molecule has 1 amide bonds. The lowest BCUT2D eigenvalue weighted by molar-refractivity contribution is 0.0775. The number of hydrogen-bond donors (Lipinski definition) is 2. The second-order valence-electron chi connectivity index (χ2n) is 9.79. The Kier molecular flexibility index (Phi) is 7.07. The molecular weight excluding hydrogens is 476 g/mol. The van der Waals surface area contributed by atoms with Gasteiger partial charge in [-0.25, -0.2) is 4.68 Å². The molecule has 0 bridgehead atoms. The Morgan fingerprint density at radius 3 is 2.53 bits per heavy atom. The first-order chi connectivity index (χ1) is 17.4. The van der Waals surface area contributed by atoms with E-state index in [1.807, 2.05) is 48.2 Å². The quantitative estimate of drug-likeness (QED) is 0.448. The fourth-order valence-corrected chi connectivity index (χ4v) is 5.48. The van der Waals surface area contributed by atoms with E-state index in [4.69, 9.17) is 22.1 Å². The Hall–Kier alpha value is -3.23. The zero-order chi connectivity index (χ0) is 25.2. The number of likely N-dealkylation sites (tertiary alicyclic amines) is 2. The molecule has 2 saturated heterocycles. The molecule has 2 aromatic carbocycles. The summed E-state index contributed by atoms with van der Waals surface area (Å²) in [5, 5.41) is 8.63. The van der Waals surface area contributed by atoms with Crippen LogP contribution in [0, 0.1) is 18.8 Å². The van der Waals surface area contributed by atoms with E-state index in [0.29, 0.717) is 23.2 Å². The van der Waals surface area contributed by atoms with Crippen LogP contribution >= 0.6 is 11.6 Å². The van der Waals surface area contributed by atoms with Crippen LogP contribution in [0.15, 0.2) is 48.7 Å². The predicted octanol–water partition coefficient (Wildman–Crippen LogP) is 3.93. The molecule has 0 aliphatic carbocycles. The topological polar surface area (TPSA) is 88.7 Å². The number of aromatic nitrogens is 2. The number of halogens is 1. The molecule has 36 heavy (non-hydrogen) atoms. The molecule has 0 spiro atoms. The van der Waals surface area contributed by atoms with Crippen LogP contribution in [-0.4, -0.2) is 71.9 Å². The third-order valence-electron chi connectivity index (χ3n) is 7.36. The van der Waals surface area contributed by atoms with Crippen LogP contribution in [0.1, 0.15) is 22.3 Å². The van der Waals surface area contributed by atoms with Crippen molar-refractivity contribution in [2.45, 2.75) is 13.3 Å². The zero-order valence-electron chi connectivity index (χ0n) is 20.8. The molecule has 190 valence electrons. The third kappa shape index (κ3) is 5.01. The lowest BCUT2D eigenvalue weighted by Gasteiger charge is -2.21. The number of amides is 1. The highest BCUT2D eigenvalue weighted by Crippen LogP contribution is 2.33. The standard InChI is InChI=1S/C27H33ClN6O2/c1-18-4-5-21(12-25(18)28)30-10-3-11-32-14-19-16-33(17-20(19)15-32)27(35)24-13-31-34(26(24)29)22-6-8-23(36-2)9-7-22/h4-9,12-13,19-20,30H,3,10-11,14-17,29H2,1-2H3. The summed E-state index contributed by atoms with van der Waals surface area (Å²) in [6, 6.07) is 13.5. The molecule has 0 saturated carbocycles. The highest BCUT2D eigenvalue weighted by Gasteiger charge is 2.42. The predicted molar refractivity (Wildman–Crippen MR) is 143 cm³/mol. The van der Waals surface area contributed by atoms with E-state index in [1.54, 1.807) is 18.0 Å². The van der Waals surface area contributed by atoms with Crippen LogP contribution in [0.25, 0.3) is 5.69 Å². The summed E-state index contributed by atoms with van der Waals surface area (Å²) in [6.07, 6.45) is 2.64. The first-order valence-corrected chi connectivity index (χ1v) is 12.8. The van der Waals surface area contributed by atoms with E-state index in [9.17, 15) is 4.79 Å². The van der Waals surface area contributed by atoms with Gasteiger partial charge in [0.25, 0.3) is 5.91 Å². The van der Waals surface area contributed by atoms with Crippen molar-refractivity contribution in [1.29, 1.82) is 0 Å². The Morgan fingerprint density at radius 2 is 1.86 bits per heavy atom. The number of benzene rings is 2. The first-order valence-electron chi connectivity index (χ1n) is 12.4. The summed E-state index contributed by atoms with van der Waals surface area (Å²) in [4.78, 5) is 17.7. The Balaban J connectivity index is 1.10. The minimum Gasteiger partial charge on any atom is -0.497 e. The second kappa shape index (κ2) is 10.4. The third-order valence-corrected chi connectivity index (χ3v) is 7.76. The number of hydrogen-bond acceptors (Lipinski definition) is 6. The number of methoxy groups -OCH3 is 1. The van der Waals surface area contributed by atoms with Crippen LogP contribution in [0.5, 0.6) is 5.75 Å². The van der Waals surface area contributed by atoms with Crippen molar-refractivity contribution in [3.63, 3.8) is 0 Å². The molecule has 3 N–H and O–H groups in total. The maximum atomic E-state index is 13.3. The number of anilines is 2. The van der Waals surface area contributed by atoms with E-state index in [-0.39, 0.29) is 5.91 Å². The van der Waals surface area contributed by atoms with Gasteiger partial charge in [-0.1, -0.05) is 17.7 Å². The number of aryl methyl sites for hydroxylation is 1. The van der Waals surface area contributed by atoms with Crippen molar-refractivity contribution in [2.24, 2.45) is 11.8 Å². The number of nitrogens with two attached hydrogens (primary N) is 1. The molecule has 2 fully saturated rings. The molecule has 3 aromatic rings. The highest BCUT2D eigenvalue weighted by atomic mass is 35.5. The van der Waals surface area contributed by atoms with Crippen molar-refractivity contribution in [2.75, 3.05) is 57.4 Å². The smallest absolute Gasteiger partial charge is 0.259 e. The molecule has 3 heterocycles. The monoisotopic (exact) mass is 508 g/mol. The van der Waals surface area contributed by atoms with Gasteiger partial charge >= 0.3 is 0 Å². The van der Waals surface area contributed by atoms with Gasteiger partial charge in [0.05, 0.1) is 19.0 Å². The van der Waals surface area contributed by atoms with Gasteiger partial charge < -0.3 is 25.6 Å². The first kappa shape index (κ1) is 24.5. The minimum absolute atomic E-state index is 0.0332. The molecule has 2 aliphatic heterocycles. The average molecular weight is 509 g/mol. The molecule has 2 atom stereocenters. The van der Waals surface area contributed by atoms with E-state index in [1.165, 1.54) is 0 Å². The fraction of sp³-hybridized carbons (Fsp3) is 0.407. The van der Waals surface area contributed by atoms with Gasteiger partial charge in [0.2, 0.25) is 0 Å². The average Bonchev–Trinajstić information content (AvgIpc) is 3.57. The summed E-state index contributed by atoms with van der Waals surface area (Å²) in [6.45, 7) is 7.58. The maximum absolute atomic E-state index is 13.3. The van der Waals surface area contributed by atoms with Gasteiger partial charge in [0, 0.05) is 43.4 Å². The SMILES string of the molecule is COc1ccc(-n2ncc(C(=O)N3CC4CN(CCCNc5ccc(C)c(Cl)c5)CC4C3)c2N)cc1. The highest BCUT2D eigenvalue weighted by molar-refractivity contribution is 6.31. The number of nitrogen functional groups attached to an aromatic ring is 1. The Labute approximate surface area is 217 Å². The van der Waals surface area contributed by atoms with E-state index >= 15 is 0 Å². The number of fused-ring (bicyclic) bond motifs is 1. The van der Waals surface area contributed by atoms with E-state index in [2.05, 4.69) is 21.4 Å². The number of carbonyl (C=O) groups is 1. The molecule has 0 radical (unpaired) electrons. The Bertz CT molecular complexity index is 1210. The van der Waals surface area contributed by atoms with Crippen molar-refractivity contribution in [1.82, 2.24) is 19.6 Å². The molecule has 1 aromatic heterocycles. The lowest BCUT2D eigenvalue weighted by atomic mass is 10.0. The van der Waals surface area contributed by atoms with Crippen molar-refractivity contribution < 1.29 is 9.53 Å². The molecule has 2 unspecified atom stereocenters. The molecule has 8 nitrogen and oxygen atoms in total. The van der Waals surface area contributed by atoms with Crippen LogP contribution in [-0.2, 0) is 0 Å². The zero-order valence-corrected chi connectivity index (χ0v) is 21.5. The van der Waals surface area contributed by atoms with E-state index < -0.39 is 0 Å². The van der Waals surface area contributed by atoms with Gasteiger partial charge in [-0.3, -0.25) is 4.79 Å². The van der Waals surface area contributed by atoms with Crippen molar-refractivity contribution >= 4 is 29.0 Å². The molecular formula is C27H33ClN6O2. The van der Waals surface area contributed by atoms with Gasteiger partial charge in [-0.2, -0.15) is 5.10 Å². The summed E-state index contributed by atoms with van der Waals surface area (Å²) in [5.41, 5.74) is 9.75. The van der Waals surface area contributed by atoms with Gasteiger partial charge in [-0.05, 0) is 73.7 Å². The van der Waals surface area contributed by atoms with Crippen molar-refractivity contribution in [3.05, 3.63) is 64.8 Å².